The third-order valence-corrected chi connectivity index (χ3v) is 5.73. The molecule has 1 unspecified atom stereocenters. The van der Waals surface area contributed by atoms with Crippen LogP contribution in [0.3, 0.4) is 0 Å². The fourth-order valence-corrected chi connectivity index (χ4v) is 3.75. The maximum atomic E-state index is 13.5. The van der Waals surface area contributed by atoms with Crippen LogP contribution in [-0.4, -0.2) is 52.0 Å². The lowest BCUT2D eigenvalue weighted by molar-refractivity contribution is -0.139. The Morgan fingerprint density at radius 1 is 1.00 bits per heavy atom. The molecule has 0 aliphatic carbocycles. The zero-order valence-electron chi connectivity index (χ0n) is 19.8. The summed E-state index contributed by atoms with van der Waals surface area (Å²) in [4.78, 5) is 28.3. The number of hydrogen-bond acceptors (Lipinski definition) is 6. The molecule has 3 aromatic carbocycles. The van der Waals surface area contributed by atoms with E-state index in [2.05, 4.69) is 15.6 Å². The van der Waals surface area contributed by atoms with E-state index < -0.39 is 6.04 Å². The second kappa shape index (κ2) is 10.7. The van der Waals surface area contributed by atoms with E-state index >= 15 is 0 Å². The highest BCUT2D eigenvalue weighted by Gasteiger charge is 2.27. The Balaban J connectivity index is 1.58. The van der Waals surface area contributed by atoms with E-state index in [0.29, 0.717) is 22.7 Å². The summed E-state index contributed by atoms with van der Waals surface area (Å²) in [6, 6.07) is 21.3. The van der Waals surface area contributed by atoms with Crippen molar-refractivity contribution in [1.29, 1.82) is 0 Å². The minimum absolute atomic E-state index is 0.0448. The first-order valence-corrected chi connectivity index (χ1v) is 11.1. The molecule has 35 heavy (non-hydrogen) atoms. The summed E-state index contributed by atoms with van der Waals surface area (Å²) in [5, 5.41) is 11.1. The van der Waals surface area contributed by atoms with Crippen molar-refractivity contribution in [2.24, 2.45) is 0 Å². The van der Waals surface area contributed by atoms with Gasteiger partial charge in [-0.25, -0.2) is 4.68 Å². The number of nitrogens with zero attached hydrogens (tertiary/aromatic N) is 4. The van der Waals surface area contributed by atoms with Gasteiger partial charge in [-0.2, -0.15) is 0 Å². The Morgan fingerprint density at radius 3 is 2.49 bits per heavy atom. The number of ether oxygens (including phenoxy) is 2. The number of para-hydroxylation sites is 1. The van der Waals surface area contributed by atoms with Crippen molar-refractivity contribution >= 4 is 28.5 Å². The third kappa shape index (κ3) is 5.40. The van der Waals surface area contributed by atoms with E-state index in [1.807, 2.05) is 54.6 Å². The van der Waals surface area contributed by atoms with Crippen LogP contribution in [0.1, 0.15) is 12.5 Å². The summed E-state index contributed by atoms with van der Waals surface area (Å²) in [5.41, 5.74) is 2.85. The Bertz CT molecular complexity index is 1320. The molecule has 9 nitrogen and oxygen atoms in total. The number of carbonyl (C=O) groups is 2. The first-order valence-electron chi connectivity index (χ1n) is 11.1. The van der Waals surface area contributed by atoms with Gasteiger partial charge in [0.1, 0.15) is 29.6 Å². The molecule has 0 aliphatic rings. The number of benzene rings is 3. The number of anilines is 1. The molecule has 1 heterocycles. The van der Waals surface area contributed by atoms with Crippen LogP contribution in [-0.2, 0) is 22.7 Å². The average molecular weight is 474 g/mol. The molecule has 0 fully saturated rings. The van der Waals surface area contributed by atoms with E-state index in [-0.39, 0.29) is 24.9 Å². The van der Waals surface area contributed by atoms with E-state index in [0.717, 1.165) is 11.1 Å². The van der Waals surface area contributed by atoms with Crippen molar-refractivity contribution in [3.8, 4) is 11.5 Å². The normalized spacial score (nSPS) is 11.6. The molecule has 0 radical (unpaired) electrons. The van der Waals surface area contributed by atoms with Crippen LogP contribution < -0.4 is 14.8 Å². The largest absolute Gasteiger partial charge is 0.497 e. The van der Waals surface area contributed by atoms with Crippen LogP contribution in [0.5, 0.6) is 11.5 Å². The fraction of sp³-hybridized carbons (Fsp3) is 0.231. The second-order valence-corrected chi connectivity index (χ2v) is 7.97. The van der Waals surface area contributed by atoms with Crippen molar-refractivity contribution in [3.05, 3.63) is 78.4 Å². The minimum Gasteiger partial charge on any atom is -0.497 e. The van der Waals surface area contributed by atoms with Crippen LogP contribution in [0.4, 0.5) is 5.69 Å². The van der Waals surface area contributed by atoms with E-state index in [4.69, 9.17) is 9.47 Å². The highest BCUT2D eigenvalue weighted by atomic mass is 16.5. The molecule has 1 aromatic heterocycles. The monoisotopic (exact) mass is 473 g/mol. The summed E-state index contributed by atoms with van der Waals surface area (Å²) in [6.07, 6.45) is 0. The van der Waals surface area contributed by atoms with E-state index in [1.54, 1.807) is 36.9 Å². The number of aromatic nitrogens is 3. The van der Waals surface area contributed by atoms with E-state index in [9.17, 15) is 9.59 Å². The lowest BCUT2D eigenvalue weighted by atomic mass is 10.1. The molecule has 2 amide bonds. The number of rotatable bonds is 9. The molecule has 9 heteroatoms. The molecule has 0 saturated heterocycles. The molecule has 0 spiro atoms. The zero-order chi connectivity index (χ0) is 24.8. The summed E-state index contributed by atoms with van der Waals surface area (Å²) in [6.45, 7) is 1.92. The first kappa shape index (κ1) is 23.7. The van der Waals surface area contributed by atoms with Crippen molar-refractivity contribution in [1.82, 2.24) is 19.9 Å². The Labute approximate surface area is 203 Å². The summed E-state index contributed by atoms with van der Waals surface area (Å²) >= 11 is 0. The van der Waals surface area contributed by atoms with Gasteiger partial charge in [0.25, 0.3) is 0 Å². The van der Waals surface area contributed by atoms with Crippen LogP contribution in [0.2, 0.25) is 0 Å². The average Bonchev–Trinajstić information content (AvgIpc) is 3.30. The molecular formula is C26H27N5O4. The smallest absolute Gasteiger partial charge is 0.247 e. The quantitative estimate of drug-likeness (QED) is 0.400. The zero-order valence-corrected chi connectivity index (χ0v) is 19.8. The van der Waals surface area contributed by atoms with Crippen molar-refractivity contribution in [2.45, 2.75) is 26.1 Å². The predicted octanol–water partition coefficient (Wildman–Crippen LogP) is 3.50. The van der Waals surface area contributed by atoms with Crippen LogP contribution in [0.25, 0.3) is 11.0 Å². The highest BCUT2D eigenvalue weighted by molar-refractivity contribution is 5.98. The van der Waals surface area contributed by atoms with Crippen LogP contribution in [0, 0.1) is 0 Å². The maximum absolute atomic E-state index is 13.5. The van der Waals surface area contributed by atoms with Gasteiger partial charge in [-0.1, -0.05) is 47.7 Å². The summed E-state index contributed by atoms with van der Waals surface area (Å²) < 4.78 is 12.2. The Morgan fingerprint density at radius 2 is 1.74 bits per heavy atom. The molecule has 4 rings (SSSR count). The highest BCUT2D eigenvalue weighted by Crippen LogP contribution is 2.29. The van der Waals surface area contributed by atoms with Gasteiger partial charge < -0.3 is 19.7 Å². The number of nitrogens with one attached hydrogen (secondary N) is 1. The van der Waals surface area contributed by atoms with Gasteiger partial charge in [0.15, 0.2) is 0 Å². The number of fused-ring (bicyclic) bond motifs is 1. The lowest BCUT2D eigenvalue weighted by Crippen LogP contribution is -2.46. The van der Waals surface area contributed by atoms with Crippen molar-refractivity contribution < 1.29 is 19.1 Å². The second-order valence-electron chi connectivity index (χ2n) is 7.97. The summed E-state index contributed by atoms with van der Waals surface area (Å²) in [7, 11) is 3.07. The topological polar surface area (TPSA) is 98.6 Å². The van der Waals surface area contributed by atoms with Crippen LogP contribution >= 0.6 is 0 Å². The number of methoxy groups -OCH3 is 2. The van der Waals surface area contributed by atoms with E-state index in [1.165, 1.54) is 12.0 Å². The maximum Gasteiger partial charge on any atom is 0.247 e. The van der Waals surface area contributed by atoms with Gasteiger partial charge in [-0.15, -0.1) is 5.10 Å². The third-order valence-electron chi connectivity index (χ3n) is 5.73. The SMILES string of the molecule is COc1ccc(NC(=O)C(C)N(Cc2ccccc2)C(=O)Cn2nnc3ccccc32)c(OC)c1. The van der Waals surface area contributed by atoms with Gasteiger partial charge in [-0.3, -0.25) is 9.59 Å². The molecule has 0 bridgehead atoms. The molecule has 1 N–H and O–H groups in total. The van der Waals surface area contributed by atoms with Crippen LogP contribution in [0.15, 0.2) is 72.8 Å². The fourth-order valence-electron chi connectivity index (χ4n) is 3.75. The first-order chi connectivity index (χ1) is 17.0. The van der Waals surface area contributed by atoms with Gasteiger partial charge in [0.2, 0.25) is 11.8 Å². The molecule has 180 valence electrons. The number of amides is 2. The molecule has 4 aromatic rings. The molecule has 0 saturated carbocycles. The molecule has 0 aliphatic heterocycles. The molecular weight excluding hydrogens is 446 g/mol. The Hall–Kier alpha value is -4.40. The van der Waals surface area contributed by atoms with Gasteiger partial charge >= 0.3 is 0 Å². The summed E-state index contributed by atoms with van der Waals surface area (Å²) in [5.74, 6) is 0.462. The Kier molecular flexibility index (Phi) is 7.25. The lowest BCUT2D eigenvalue weighted by Gasteiger charge is -2.29. The van der Waals surface area contributed by atoms with Crippen molar-refractivity contribution in [3.63, 3.8) is 0 Å². The van der Waals surface area contributed by atoms with Crippen molar-refractivity contribution in [2.75, 3.05) is 19.5 Å². The molecule has 1 atom stereocenters. The van der Waals surface area contributed by atoms with Gasteiger partial charge in [0, 0.05) is 12.6 Å². The minimum atomic E-state index is -0.774. The standard InChI is InChI=1S/C26H27N5O4/c1-18(26(33)27-22-14-13-20(34-2)15-24(22)35-3)30(16-19-9-5-4-6-10-19)25(32)17-31-23-12-8-7-11-21(23)28-29-31/h4-15,18H,16-17H2,1-3H3,(H,27,33). The van der Waals surface area contributed by atoms with Gasteiger partial charge in [-0.05, 0) is 36.8 Å². The number of carbonyl (C=O) groups excluding carboxylic acids is 2. The van der Waals surface area contributed by atoms with Gasteiger partial charge in [0.05, 0.1) is 25.4 Å². The predicted molar refractivity (Wildman–Crippen MR) is 132 cm³/mol. The number of hydrogen-bond donors (Lipinski definition) is 1.